The minimum absolute atomic E-state index is 0.0387. The standard InChI is InChI=1S/C37H54N8O17S2/c38-21(31(52)42-25(17-30(50)51)33(54)43-26(19-63)36(59)60)18-40-32(53)24(16-20-4-2-1-3-5-20)41-28(47)10-12-61-14-15-62-13-11-39-27(46)8-6-22(34(55)56)44-37(64)45-23(35(57)58)7-9-29(48)49/h1-5,21-26,63H,6-19,38H2,(H,39,46)(H,40,53)(H,41,47)(H,42,52)(H,43,54)(H,48,49)(H,50,51)(H,55,56)(H,57,58)(H,59,60)(H2,44,45,64)/t21-,22-,23-,24?,25-,26-/m0/s1. The number of carbonyl (C=O) groups excluding carboxylic acids is 5. The lowest BCUT2D eigenvalue weighted by atomic mass is 10.0. The Hall–Kier alpha value is -6.16. The third-order valence-electron chi connectivity index (χ3n) is 8.50. The number of thiocarbonyl (C=S) groups is 1. The lowest BCUT2D eigenvalue weighted by Gasteiger charge is -2.22. The molecule has 0 aliphatic rings. The highest BCUT2D eigenvalue weighted by molar-refractivity contribution is 7.80. The van der Waals surface area contributed by atoms with Gasteiger partial charge in [-0.2, -0.15) is 12.6 Å². The van der Waals surface area contributed by atoms with Gasteiger partial charge in [-0.1, -0.05) is 30.3 Å². The van der Waals surface area contributed by atoms with Crippen LogP contribution in [0.5, 0.6) is 0 Å². The van der Waals surface area contributed by atoms with Gasteiger partial charge in [0, 0.05) is 44.5 Å². The number of hydrogen-bond acceptors (Lipinski definition) is 15. The maximum Gasteiger partial charge on any atom is 0.327 e. The molecule has 0 heterocycles. The number of aliphatic carboxylic acids is 5. The van der Waals surface area contributed by atoms with E-state index < -0.39 is 115 Å². The summed E-state index contributed by atoms with van der Waals surface area (Å²) in [6.07, 6.45) is -2.28. The molecule has 1 rings (SSSR count). The van der Waals surface area contributed by atoms with Crippen molar-refractivity contribution < 1.29 is 83.0 Å². The van der Waals surface area contributed by atoms with Gasteiger partial charge < -0.3 is 78.0 Å². The highest BCUT2D eigenvalue weighted by Crippen LogP contribution is 2.06. The normalized spacial score (nSPS) is 13.5. The molecular weight excluding hydrogens is 893 g/mol. The Kier molecular flexibility index (Phi) is 26.9. The van der Waals surface area contributed by atoms with Gasteiger partial charge in [0.1, 0.15) is 36.3 Å². The van der Waals surface area contributed by atoms with Crippen LogP contribution in [0.25, 0.3) is 0 Å². The Morgan fingerprint density at radius 1 is 0.594 bits per heavy atom. The molecule has 5 amide bonds. The highest BCUT2D eigenvalue weighted by atomic mass is 32.1. The Bertz CT molecular complexity index is 1780. The molecule has 0 aliphatic heterocycles. The molecule has 0 bridgehead atoms. The average molecular weight is 947 g/mol. The summed E-state index contributed by atoms with van der Waals surface area (Å²) in [5, 5.41) is 62.1. The van der Waals surface area contributed by atoms with Crippen LogP contribution in [-0.4, -0.2) is 172 Å². The Labute approximate surface area is 376 Å². The molecule has 1 aromatic rings. The summed E-state index contributed by atoms with van der Waals surface area (Å²) < 4.78 is 10.8. The van der Waals surface area contributed by atoms with Gasteiger partial charge in [0.2, 0.25) is 29.5 Å². The first-order valence-corrected chi connectivity index (χ1v) is 20.5. The van der Waals surface area contributed by atoms with Crippen LogP contribution in [-0.2, 0) is 63.8 Å². The zero-order valence-electron chi connectivity index (χ0n) is 34.3. The molecule has 14 N–H and O–H groups in total. The van der Waals surface area contributed by atoms with Crippen LogP contribution < -0.4 is 43.0 Å². The zero-order valence-corrected chi connectivity index (χ0v) is 36.0. The first kappa shape index (κ1) is 55.9. The van der Waals surface area contributed by atoms with Crippen molar-refractivity contribution in [3.8, 4) is 0 Å². The topological polar surface area (TPSA) is 401 Å². The Morgan fingerprint density at radius 3 is 1.70 bits per heavy atom. The molecule has 0 aromatic heterocycles. The van der Waals surface area contributed by atoms with E-state index in [1.165, 1.54) is 0 Å². The number of thiol groups is 1. The number of benzene rings is 1. The van der Waals surface area contributed by atoms with Crippen molar-refractivity contribution in [2.24, 2.45) is 5.73 Å². The molecule has 0 radical (unpaired) electrons. The van der Waals surface area contributed by atoms with Crippen molar-refractivity contribution in [1.29, 1.82) is 0 Å². The van der Waals surface area contributed by atoms with E-state index in [4.69, 9.17) is 37.6 Å². The van der Waals surface area contributed by atoms with E-state index in [-0.39, 0.29) is 75.9 Å². The van der Waals surface area contributed by atoms with Gasteiger partial charge in [0.05, 0.1) is 32.8 Å². The van der Waals surface area contributed by atoms with Gasteiger partial charge in [-0.15, -0.1) is 0 Å². The average Bonchev–Trinajstić information content (AvgIpc) is 3.23. The van der Waals surface area contributed by atoms with Crippen molar-refractivity contribution in [1.82, 2.24) is 37.2 Å². The summed E-state index contributed by atoms with van der Waals surface area (Å²) in [6, 6.07) is 0.0860. The molecule has 6 atom stereocenters. The number of amides is 5. The molecule has 0 saturated carbocycles. The van der Waals surface area contributed by atoms with Crippen molar-refractivity contribution in [2.75, 3.05) is 45.3 Å². The van der Waals surface area contributed by atoms with Crippen LogP contribution in [0.1, 0.15) is 44.1 Å². The van der Waals surface area contributed by atoms with Crippen molar-refractivity contribution in [2.45, 2.75) is 81.2 Å². The fraction of sp³-hybridized carbons (Fsp3) is 0.541. The summed E-state index contributed by atoms with van der Waals surface area (Å²) in [7, 11) is 0. The maximum atomic E-state index is 13.2. The van der Waals surface area contributed by atoms with Crippen LogP contribution in [0.3, 0.4) is 0 Å². The number of ether oxygens (including phenoxy) is 2. The molecule has 0 aliphatic carbocycles. The Morgan fingerprint density at radius 2 is 1.16 bits per heavy atom. The summed E-state index contributed by atoms with van der Waals surface area (Å²) in [6.45, 7) is -0.324. The second-order valence-electron chi connectivity index (χ2n) is 13.6. The highest BCUT2D eigenvalue weighted by Gasteiger charge is 2.30. The van der Waals surface area contributed by atoms with Crippen LogP contribution in [0, 0.1) is 0 Å². The fourth-order valence-corrected chi connectivity index (χ4v) is 5.66. The van der Waals surface area contributed by atoms with Crippen LogP contribution in [0.4, 0.5) is 0 Å². The van der Waals surface area contributed by atoms with E-state index >= 15 is 0 Å². The largest absolute Gasteiger partial charge is 0.481 e. The van der Waals surface area contributed by atoms with E-state index in [0.717, 1.165) is 0 Å². The minimum Gasteiger partial charge on any atom is -0.481 e. The van der Waals surface area contributed by atoms with Gasteiger partial charge in [0.15, 0.2) is 5.11 Å². The molecule has 356 valence electrons. The molecule has 0 fully saturated rings. The second-order valence-corrected chi connectivity index (χ2v) is 14.4. The predicted molar refractivity (Wildman–Crippen MR) is 228 cm³/mol. The zero-order chi connectivity index (χ0) is 48.2. The van der Waals surface area contributed by atoms with Gasteiger partial charge in [-0.05, 0) is 30.6 Å². The van der Waals surface area contributed by atoms with Crippen molar-refractivity contribution >= 4 is 89.3 Å². The van der Waals surface area contributed by atoms with Gasteiger partial charge in [-0.3, -0.25) is 33.6 Å². The monoisotopic (exact) mass is 946 g/mol. The molecule has 0 spiro atoms. The molecule has 27 heteroatoms. The van der Waals surface area contributed by atoms with Gasteiger partial charge >= 0.3 is 29.8 Å². The second kappa shape index (κ2) is 30.8. The molecule has 1 aromatic carbocycles. The van der Waals surface area contributed by atoms with E-state index in [0.29, 0.717) is 5.56 Å². The number of rotatable bonds is 33. The molecule has 0 saturated heterocycles. The first-order valence-electron chi connectivity index (χ1n) is 19.4. The maximum absolute atomic E-state index is 13.2. The summed E-state index contributed by atoms with van der Waals surface area (Å²) in [5.74, 6) is -11.2. The summed E-state index contributed by atoms with van der Waals surface area (Å²) in [5.41, 5.74) is 6.58. The summed E-state index contributed by atoms with van der Waals surface area (Å²) in [4.78, 5) is 120. The van der Waals surface area contributed by atoms with E-state index in [9.17, 15) is 63.3 Å². The van der Waals surface area contributed by atoms with Crippen molar-refractivity contribution in [3.63, 3.8) is 0 Å². The van der Waals surface area contributed by atoms with E-state index in [1.54, 1.807) is 30.3 Å². The van der Waals surface area contributed by atoms with Crippen LogP contribution >= 0.6 is 24.8 Å². The predicted octanol–water partition coefficient (Wildman–Crippen LogP) is -3.83. The third-order valence-corrected chi connectivity index (χ3v) is 9.10. The first-order chi connectivity index (χ1) is 30.2. The molecular formula is C37H54N8O17S2. The van der Waals surface area contributed by atoms with Crippen LogP contribution in [0.2, 0.25) is 0 Å². The molecule has 1 unspecified atom stereocenters. The van der Waals surface area contributed by atoms with Gasteiger partial charge in [-0.25, -0.2) is 14.4 Å². The third kappa shape index (κ3) is 24.5. The quantitative estimate of drug-likeness (QED) is 0.0182. The SMILES string of the molecule is N[C@@H](CNC(=O)C(Cc1ccccc1)NC(=O)CCOCCOCCNC(=O)CC[C@H](NC(=S)N[C@@H](CCC(=O)O)C(=O)O)C(=O)O)C(=O)N[C@@H](CC(=O)O)C(=O)N[C@@H](CS)C(=O)O. The van der Waals surface area contributed by atoms with E-state index in [2.05, 4.69) is 49.8 Å². The molecule has 25 nitrogen and oxygen atoms in total. The number of carboxylic acids is 5. The number of nitrogens with two attached hydrogens (primary N) is 1. The number of carboxylic acid groups (broad SMARTS) is 5. The number of nitrogens with one attached hydrogen (secondary N) is 7. The molecule has 64 heavy (non-hydrogen) atoms. The summed E-state index contributed by atoms with van der Waals surface area (Å²) >= 11 is 8.78. The lowest BCUT2D eigenvalue weighted by Crippen LogP contribution is -2.57. The fourth-order valence-electron chi connectivity index (χ4n) is 5.13. The Balaban J connectivity index is 2.52. The van der Waals surface area contributed by atoms with Crippen LogP contribution in [0.15, 0.2) is 30.3 Å². The smallest absolute Gasteiger partial charge is 0.327 e. The number of carbonyl (C=O) groups is 10. The van der Waals surface area contributed by atoms with E-state index in [1.807, 2.05) is 0 Å². The van der Waals surface area contributed by atoms with Gasteiger partial charge in [0.25, 0.3) is 0 Å². The lowest BCUT2D eigenvalue weighted by molar-refractivity contribution is -0.143. The number of hydrogen-bond donors (Lipinski definition) is 14. The van der Waals surface area contributed by atoms with Crippen molar-refractivity contribution in [3.05, 3.63) is 35.9 Å². The minimum atomic E-state index is -1.70.